The summed E-state index contributed by atoms with van der Waals surface area (Å²) >= 11 is 0. The summed E-state index contributed by atoms with van der Waals surface area (Å²) in [6.07, 6.45) is 0. The quantitative estimate of drug-likeness (QED) is 0.342. The topological polar surface area (TPSA) is 44.0 Å². The highest BCUT2D eigenvalue weighted by Crippen LogP contribution is 2.23. The molecule has 134 valence electrons. The molecule has 27 heavy (non-hydrogen) atoms. The van der Waals surface area contributed by atoms with Crippen LogP contribution < -0.4 is 4.74 Å². The molecular formula is C23H19NO3. The average molecular weight is 357 g/mol. The number of rotatable bonds is 6. The van der Waals surface area contributed by atoms with Crippen LogP contribution in [0.5, 0.6) is 5.75 Å². The number of oxime groups is 1. The minimum absolute atomic E-state index is 0.390. The van der Waals surface area contributed by atoms with Crippen LogP contribution in [0, 0.1) is 0 Å². The summed E-state index contributed by atoms with van der Waals surface area (Å²) in [7, 11) is 1.65. The Labute approximate surface area is 157 Å². The lowest BCUT2D eigenvalue weighted by Crippen LogP contribution is -2.03. The van der Waals surface area contributed by atoms with Gasteiger partial charge >= 0.3 is 0 Å². The van der Waals surface area contributed by atoms with Gasteiger partial charge in [0.2, 0.25) is 0 Å². The number of nitrogens with zero attached hydrogens (tertiary/aromatic N) is 1. The molecule has 0 aliphatic rings. The van der Waals surface area contributed by atoms with Crippen LogP contribution in [0.1, 0.15) is 16.9 Å². The standard InChI is InChI=1S/C23H19NO3/c1-25-20-13-11-18(12-14-20)23(24-26-16-17-7-3-2-4-8-17)22-15-19-9-5-6-10-21(19)27-22/h2-15H,16H2,1H3/b24-23+. The van der Waals surface area contributed by atoms with Crippen LogP contribution in [0.4, 0.5) is 0 Å². The Bertz CT molecular complexity index is 1020. The maximum absolute atomic E-state index is 6.00. The molecule has 0 N–H and O–H groups in total. The van der Waals surface area contributed by atoms with Crippen LogP contribution >= 0.6 is 0 Å². The van der Waals surface area contributed by atoms with Gasteiger partial charge in [0, 0.05) is 10.9 Å². The van der Waals surface area contributed by atoms with E-state index >= 15 is 0 Å². The third-order valence-electron chi connectivity index (χ3n) is 4.25. The summed E-state index contributed by atoms with van der Waals surface area (Å²) < 4.78 is 11.2. The molecule has 1 aromatic heterocycles. The molecule has 0 unspecified atom stereocenters. The molecular weight excluding hydrogens is 338 g/mol. The fourth-order valence-corrected chi connectivity index (χ4v) is 2.83. The van der Waals surface area contributed by atoms with Gasteiger partial charge in [-0.15, -0.1) is 0 Å². The second-order valence-corrected chi connectivity index (χ2v) is 6.08. The maximum Gasteiger partial charge on any atom is 0.157 e. The Morgan fingerprint density at radius 1 is 0.889 bits per heavy atom. The van der Waals surface area contributed by atoms with E-state index < -0.39 is 0 Å². The number of ether oxygens (including phenoxy) is 1. The van der Waals surface area contributed by atoms with Gasteiger partial charge in [0.15, 0.2) is 11.5 Å². The third-order valence-corrected chi connectivity index (χ3v) is 4.25. The molecule has 0 saturated heterocycles. The van der Waals surface area contributed by atoms with Crippen molar-refractivity contribution >= 4 is 16.7 Å². The lowest BCUT2D eigenvalue weighted by molar-refractivity contribution is 0.130. The molecule has 0 saturated carbocycles. The number of fused-ring (bicyclic) bond motifs is 1. The summed E-state index contributed by atoms with van der Waals surface area (Å²) in [6.45, 7) is 0.390. The number of benzene rings is 3. The van der Waals surface area contributed by atoms with Gasteiger partial charge in [-0.05, 0) is 42.0 Å². The lowest BCUT2D eigenvalue weighted by Gasteiger charge is -2.06. The first-order chi connectivity index (χ1) is 13.3. The van der Waals surface area contributed by atoms with Gasteiger partial charge < -0.3 is 14.0 Å². The van der Waals surface area contributed by atoms with Crippen molar-refractivity contribution in [2.75, 3.05) is 7.11 Å². The highest BCUT2D eigenvalue weighted by molar-refractivity contribution is 6.12. The second kappa shape index (κ2) is 7.79. The minimum Gasteiger partial charge on any atom is -0.497 e. The fourth-order valence-electron chi connectivity index (χ4n) is 2.83. The first kappa shape index (κ1) is 16.9. The summed E-state index contributed by atoms with van der Waals surface area (Å²) in [5, 5.41) is 5.42. The van der Waals surface area contributed by atoms with Crippen molar-refractivity contribution in [1.29, 1.82) is 0 Å². The minimum atomic E-state index is 0.390. The molecule has 4 heteroatoms. The van der Waals surface area contributed by atoms with Gasteiger partial charge in [-0.1, -0.05) is 53.7 Å². The zero-order valence-corrected chi connectivity index (χ0v) is 15.0. The zero-order valence-electron chi connectivity index (χ0n) is 15.0. The van der Waals surface area contributed by atoms with Crippen molar-refractivity contribution in [3.8, 4) is 5.75 Å². The van der Waals surface area contributed by atoms with Crippen molar-refractivity contribution in [3.05, 3.63) is 102 Å². The summed E-state index contributed by atoms with van der Waals surface area (Å²) in [4.78, 5) is 5.64. The van der Waals surface area contributed by atoms with Crippen LogP contribution in [0.25, 0.3) is 11.0 Å². The predicted molar refractivity (Wildman–Crippen MR) is 106 cm³/mol. The molecule has 4 nitrogen and oxygen atoms in total. The Morgan fingerprint density at radius 3 is 2.37 bits per heavy atom. The van der Waals surface area contributed by atoms with Crippen LogP contribution in [-0.4, -0.2) is 12.8 Å². The number of methoxy groups -OCH3 is 1. The number of hydrogen-bond donors (Lipinski definition) is 0. The molecule has 4 aromatic rings. The van der Waals surface area contributed by atoms with Crippen molar-refractivity contribution in [2.24, 2.45) is 5.16 Å². The van der Waals surface area contributed by atoms with E-state index in [9.17, 15) is 0 Å². The van der Waals surface area contributed by atoms with E-state index in [0.29, 0.717) is 18.1 Å². The van der Waals surface area contributed by atoms with E-state index in [1.54, 1.807) is 7.11 Å². The van der Waals surface area contributed by atoms with Crippen LogP contribution in [0.2, 0.25) is 0 Å². The zero-order chi connectivity index (χ0) is 18.5. The van der Waals surface area contributed by atoms with E-state index in [-0.39, 0.29) is 0 Å². The van der Waals surface area contributed by atoms with E-state index in [1.165, 1.54) is 0 Å². The van der Waals surface area contributed by atoms with Crippen molar-refractivity contribution in [3.63, 3.8) is 0 Å². The Kier molecular flexibility index (Phi) is 4.88. The monoisotopic (exact) mass is 357 g/mol. The summed E-state index contributed by atoms with van der Waals surface area (Å²) in [5.41, 5.74) is 3.41. The van der Waals surface area contributed by atoms with Crippen molar-refractivity contribution < 1.29 is 14.0 Å². The number of furan rings is 1. The Hall–Kier alpha value is -3.53. The van der Waals surface area contributed by atoms with Gasteiger partial charge in [0.1, 0.15) is 17.9 Å². The van der Waals surface area contributed by atoms with E-state index in [2.05, 4.69) is 5.16 Å². The third kappa shape index (κ3) is 3.85. The average Bonchev–Trinajstić information content (AvgIpc) is 3.16. The van der Waals surface area contributed by atoms with Crippen LogP contribution in [0.15, 0.2) is 94.5 Å². The molecule has 3 aromatic carbocycles. The fraction of sp³-hybridized carbons (Fsp3) is 0.0870. The largest absolute Gasteiger partial charge is 0.497 e. The van der Waals surface area contributed by atoms with Crippen LogP contribution in [0.3, 0.4) is 0 Å². The Morgan fingerprint density at radius 2 is 1.63 bits per heavy atom. The smallest absolute Gasteiger partial charge is 0.157 e. The predicted octanol–water partition coefficient (Wildman–Crippen LogP) is 5.41. The molecule has 0 bridgehead atoms. The molecule has 0 fully saturated rings. The first-order valence-corrected chi connectivity index (χ1v) is 8.71. The van der Waals surface area contributed by atoms with Crippen molar-refractivity contribution in [2.45, 2.75) is 6.61 Å². The molecule has 0 aliphatic carbocycles. The summed E-state index contributed by atoms with van der Waals surface area (Å²) in [5.74, 6) is 1.45. The van der Waals surface area contributed by atoms with E-state index in [0.717, 1.165) is 27.8 Å². The molecule has 4 rings (SSSR count). The number of para-hydroxylation sites is 1. The summed E-state index contributed by atoms with van der Waals surface area (Å²) in [6, 6.07) is 27.5. The lowest BCUT2D eigenvalue weighted by atomic mass is 10.1. The maximum atomic E-state index is 6.00. The molecule has 0 radical (unpaired) electrons. The molecule has 0 amide bonds. The van der Waals surface area contributed by atoms with Gasteiger partial charge in [0.05, 0.1) is 7.11 Å². The Balaban J connectivity index is 1.68. The normalized spacial score (nSPS) is 11.5. The highest BCUT2D eigenvalue weighted by Gasteiger charge is 2.14. The van der Waals surface area contributed by atoms with Gasteiger partial charge in [-0.25, -0.2) is 0 Å². The second-order valence-electron chi connectivity index (χ2n) is 6.08. The molecule has 0 aliphatic heterocycles. The van der Waals surface area contributed by atoms with E-state index in [4.69, 9.17) is 14.0 Å². The van der Waals surface area contributed by atoms with Crippen LogP contribution in [-0.2, 0) is 11.4 Å². The number of hydrogen-bond acceptors (Lipinski definition) is 4. The first-order valence-electron chi connectivity index (χ1n) is 8.71. The SMILES string of the molecule is COc1ccc(/C(=N\OCc2ccccc2)c2cc3ccccc3o2)cc1. The van der Waals surface area contributed by atoms with Gasteiger partial charge in [0.25, 0.3) is 0 Å². The van der Waals surface area contributed by atoms with E-state index in [1.807, 2.05) is 84.9 Å². The molecule has 0 atom stereocenters. The highest BCUT2D eigenvalue weighted by atomic mass is 16.6. The van der Waals surface area contributed by atoms with Crippen molar-refractivity contribution in [1.82, 2.24) is 0 Å². The molecule has 0 spiro atoms. The van der Waals surface area contributed by atoms with Gasteiger partial charge in [-0.3, -0.25) is 0 Å². The molecule has 1 heterocycles. The van der Waals surface area contributed by atoms with Gasteiger partial charge in [-0.2, -0.15) is 0 Å².